The van der Waals surface area contributed by atoms with E-state index in [-0.39, 0.29) is 0 Å². The lowest BCUT2D eigenvalue weighted by atomic mass is 9.96. The molecule has 6 heteroatoms. The summed E-state index contributed by atoms with van der Waals surface area (Å²) in [7, 11) is 0. The molecule has 0 radical (unpaired) electrons. The molecule has 0 aliphatic carbocycles. The molecule has 0 N–H and O–H groups in total. The maximum absolute atomic E-state index is 9.53. The molecule has 3 rings (SSSR count). The Balaban J connectivity index is 2.19. The van der Waals surface area contributed by atoms with Gasteiger partial charge < -0.3 is 0 Å². The van der Waals surface area contributed by atoms with Gasteiger partial charge in [0.15, 0.2) is 0 Å². The number of hydrogen-bond donors (Lipinski definition) is 0. The quantitative estimate of drug-likeness (QED) is 0.725. The minimum Gasteiger partial charge on any atom is -0.216 e. The molecule has 2 aromatic heterocycles. The standard InChI is InChI=1S/C14H10ClN5/c1-9-6-13(20-14(19-9)17-8-18-20)12(7-16)10-2-4-11(15)5-3-10/h2-6,8,12H,1H3. The van der Waals surface area contributed by atoms with E-state index >= 15 is 0 Å². The molecule has 20 heavy (non-hydrogen) atoms. The minimum absolute atomic E-state index is 0.446. The lowest BCUT2D eigenvalue weighted by Crippen LogP contribution is -2.08. The highest BCUT2D eigenvalue weighted by molar-refractivity contribution is 6.30. The third-order valence-electron chi connectivity index (χ3n) is 3.04. The summed E-state index contributed by atoms with van der Waals surface area (Å²) in [5.74, 6) is 0.0485. The summed E-state index contributed by atoms with van der Waals surface area (Å²) in [6, 6.07) is 11.4. The molecule has 0 amide bonds. The summed E-state index contributed by atoms with van der Waals surface area (Å²) in [4.78, 5) is 8.35. The van der Waals surface area contributed by atoms with Crippen LogP contribution in [0.15, 0.2) is 36.7 Å². The third kappa shape index (κ3) is 2.10. The second kappa shape index (κ2) is 4.91. The number of rotatable bonds is 2. The van der Waals surface area contributed by atoms with Gasteiger partial charge in [0, 0.05) is 10.7 Å². The van der Waals surface area contributed by atoms with Crippen molar-refractivity contribution in [1.82, 2.24) is 19.6 Å². The smallest absolute Gasteiger partial charge is 0.216 e. The van der Waals surface area contributed by atoms with Gasteiger partial charge in [-0.25, -0.2) is 4.98 Å². The van der Waals surface area contributed by atoms with Gasteiger partial charge in [-0.05, 0) is 30.7 Å². The summed E-state index contributed by atoms with van der Waals surface area (Å²) in [5.41, 5.74) is 2.41. The lowest BCUT2D eigenvalue weighted by molar-refractivity contribution is 0.818. The van der Waals surface area contributed by atoms with Crippen molar-refractivity contribution in [1.29, 1.82) is 5.26 Å². The first-order valence-electron chi connectivity index (χ1n) is 6.01. The highest BCUT2D eigenvalue weighted by Gasteiger charge is 2.18. The molecule has 3 aromatic rings. The van der Waals surface area contributed by atoms with Gasteiger partial charge >= 0.3 is 0 Å². The van der Waals surface area contributed by atoms with Gasteiger partial charge in [-0.2, -0.15) is 19.9 Å². The van der Waals surface area contributed by atoms with Crippen LogP contribution in [-0.2, 0) is 0 Å². The highest BCUT2D eigenvalue weighted by atomic mass is 35.5. The van der Waals surface area contributed by atoms with Crippen molar-refractivity contribution in [3.63, 3.8) is 0 Å². The Labute approximate surface area is 120 Å². The van der Waals surface area contributed by atoms with Crippen LogP contribution in [0.2, 0.25) is 5.02 Å². The summed E-state index contributed by atoms with van der Waals surface area (Å²) < 4.78 is 1.59. The Morgan fingerprint density at radius 1 is 1.30 bits per heavy atom. The molecule has 1 unspecified atom stereocenters. The zero-order valence-electron chi connectivity index (χ0n) is 10.7. The van der Waals surface area contributed by atoms with Gasteiger partial charge in [-0.15, -0.1) is 0 Å². The predicted octanol–water partition coefficient (Wildman–Crippen LogP) is 2.74. The van der Waals surface area contributed by atoms with E-state index in [0.717, 1.165) is 17.0 Å². The van der Waals surface area contributed by atoms with E-state index in [9.17, 15) is 5.26 Å². The predicted molar refractivity (Wildman–Crippen MR) is 74.4 cm³/mol. The van der Waals surface area contributed by atoms with Crippen LogP contribution in [0.25, 0.3) is 5.78 Å². The number of halogens is 1. The van der Waals surface area contributed by atoms with Gasteiger partial charge in [0.25, 0.3) is 5.78 Å². The number of nitrogens with zero attached hydrogens (tertiary/aromatic N) is 5. The first kappa shape index (κ1) is 12.6. The Morgan fingerprint density at radius 2 is 2.05 bits per heavy atom. The van der Waals surface area contributed by atoms with Crippen LogP contribution in [0.4, 0.5) is 0 Å². The van der Waals surface area contributed by atoms with E-state index in [1.165, 1.54) is 6.33 Å². The fourth-order valence-electron chi connectivity index (χ4n) is 2.13. The van der Waals surface area contributed by atoms with Gasteiger partial charge in [-0.1, -0.05) is 23.7 Å². The van der Waals surface area contributed by atoms with Crippen molar-refractivity contribution in [2.45, 2.75) is 12.8 Å². The molecule has 2 heterocycles. The number of benzene rings is 1. The number of aromatic nitrogens is 4. The zero-order valence-corrected chi connectivity index (χ0v) is 11.4. The van der Waals surface area contributed by atoms with Crippen LogP contribution >= 0.6 is 11.6 Å². The molecular formula is C14H10ClN5. The Hall–Kier alpha value is -2.45. The Morgan fingerprint density at radius 3 is 2.75 bits per heavy atom. The summed E-state index contributed by atoms with van der Waals surface area (Å²) in [6.45, 7) is 1.87. The number of aryl methyl sites for hydroxylation is 1. The molecule has 0 aliphatic rings. The van der Waals surface area contributed by atoms with Crippen molar-refractivity contribution in [2.75, 3.05) is 0 Å². The fraction of sp³-hybridized carbons (Fsp3) is 0.143. The highest BCUT2D eigenvalue weighted by Crippen LogP contribution is 2.25. The molecule has 0 saturated heterocycles. The van der Waals surface area contributed by atoms with Crippen molar-refractivity contribution in [3.05, 3.63) is 58.6 Å². The molecule has 0 saturated carbocycles. The average Bonchev–Trinajstić information content (AvgIpc) is 2.89. The molecule has 5 nitrogen and oxygen atoms in total. The largest absolute Gasteiger partial charge is 0.252 e. The minimum atomic E-state index is -0.446. The molecule has 0 spiro atoms. The normalized spacial score (nSPS) is 12.2. The molecule has 0 fully saturated rings. The first-order chi connectivity index (χ1) is 9.69. The van der Waals surface area contributed by atoms with E-state index in [4.69, 9.17) is 11.6 Å². The second-order valence-electron chi connectivity index (χ2n) is 4.41. The molecule has 1 atom stereocenters. The monoisotopic (exact) mass is 283 g/mol. The first-order valence-corrected chi connectivity index (χ1v) is 6.39. The molecule has 0 bridgehead atoms. The molecule has 98 valence electrons. The van der Waals surface area contributed by atoms with Crippen LogP contribution in [0.3, 0.4) is 0 Å². The van der Waals surface area contributed by atoms with Crippen molar-refractivity contribution in [2.24, 2.45) is 0 Å². The van der Waals surface area contributed by atoms with Crippen LogP contribution in [0.1, 0.15) is 22.9 Å². The van der Waals surface area contributed by atoms with E-state index in [2.05, 4.69) is 21.1 Å². The third-order valence-corrected chi connectivity index (χ3v) is 3.29. The maximum Gasteiger partial charge on any atom is 0.252 e. The van der Waals surface area contributed by atoms with Crippen molar-refractivity contribution < 1.29 is 0 Å². The van der Waals surface area contributed by atoms with Gasteiger partial charge in [-0.3, -0.25) is 0 Å². The summed E-state index contributed by atoms with van der Waals surface area (Å²) in [6.07, 6.45) is 1.43. The number of fused-ring (bicyclic) bond motifs is 1. The average molecular weight is 284 g/mol. The summed E-state index contributed by atoms with van der Waals surface area (Å²) >= 11 is 5.89. The van der Waals surface area contributed by atoms with E-state index in [1.807, 2.05) is 25.1 Å². The van der Waals surface area contributed by atoms with Crippen molar-refractivity contribution >= 4 is 17.4 Å². The SMILES string of the molecule is Cc1cc(C(C#N)c2ccc(Cl)cc2)n2ncnc2n1. The summed E-state index contributed by atoms with van der Waals surface area (Å²) in [5, 5.41) is 14.3. The molecule has 1 aromatic carbocycles. The van der Waals surface area contributed by atoms with E-state index < -0.39 is 5.92 Å². The van der Waals surface area contributed by atoms with Crippen LogP contribution < -0.4 is 0 Å². The zero-order chi connectivity index (χ0) is 14.1. The van der Waals surface area contributed by atoms with Gasteiger partial charge in [0.2, 0.25) is 0 Å². The topological polar surface area (TPSA) is 66.9 Å². The maximum atomic E-state index is 9.53. The lowest BCUT2D eigenvalue weighted by Gasteiger charge is -2.12. The second-order valence-corrected chi connectivity index (χ2v) is 4.84. The van der Waals surface area contributed by atoms with Gasteiger partial charge in [0.1, 0.15) is 12.2 Å². The van der Waals surface area contributed by atoms with Crippen LogP contribution in [0, 0.1) is 18.3 Å². The fourth-order valence-corrected chi connectivity index (χ4v) is 2.26. The van der Waals surface area contributed by atoms with E-state index in [1.54, 1.807) is 16.6 Å². The Kier molecular flexibility index (Phi) is 3.09. The number of hydrogen-bond acceptors (Lipinski definition) is 4. The number of nitriles is 1. The molecular weight excluding hydrogens is 274 g/mol. The Bertz CT molecular complexity index is 801. The van der Waals surface area contributed by atoms with Crippen molar-refractivity contribution in [3.8, 4) is 6.07 Å². The van der Waals surface area contributed by atoms with Crippen LogP contribution in [0.5, 0.6) is 0 Å². The van der Waals surface area contributed by atoms with Crippen LogP contribution in [-0.4, -0.2) is 19.6 Å². The van der Waals surface area contributed by atoms with Gasteiger partial charge in [0.05, 0.1) is 11.8 Å². The van der Waals surface area contributed by atoms with E-state index in [0.29, 0.717) is 10.8 Å². The molecule has 0 aliphatic heterocycles.